The van der Waals surface area contributed by atoms with Gasteiger partial charge in [-0.3, -0.25) is 0 Å². The largest absolute Gasteiger partial charge is 0.490 e. The van der Waals surface area contributed by atoms with Crippen LogP contribution < -0.4 is 4.74 Å². The molecule has 15 heavy (non-hydrogen) atoms. The average molecular weight is 202 g/mol. The number of hydrogen-bond acceptors (Lipinski definition) is 1. The normalized spacial score (nSPS) is 20.5. The van der Waals surface area contributed by atoms with Gasteiger partial charge in [0.1, 0.15) is 5.75 Å². The molecular weight excluding hydrogens is 184 g/mol. The van der Waals surface area contributed by atoms with Gasteiger partial charge in [0.2, 0.25) is 0 Å². The van der Waals surface area contributed by atoms with E-state index >= 15 is 0 Å². The lowest BCUT2D eigenvalue weighted by molar-refractivity contribution is 0.210. The molecule has 0 heterocycles. The molecule has 0 spiro atoms. The van der Waals surface area contributed by atoms with Crippen LogP contribution in [0.1, 0.15) is 43.2 Å². The molecule has 0 atom stereocenters. The van der Waals surface area contributed by atoms with E-state index in [1.165, 1.54) is 56.1 Å². The highest BCUT2D eigenvalue weighted by Crippen LogP contribution is 2.29. The van der Waals surface area contributed by atoms with E-state index in [0.717, 1.165) is 5.75 Å². The molecule has 3 rings (SSSR count). The Bertz CT molecular complexity index is 350. The van der Waals surface area contributed by atoms with Crippen molar-refractivity contribution in [2.75, 3.05) is 0 Å². The molecule has 1 heteroatoms. The Morgan fingerprint density at radius 2 is 1.73 bits per heavy atom. The molecule has 0 amide bonds. The molecule has 0 bridgehead atoms. The molecule has 0 radical (unpaired) electrons. The van der Waals surface area contributed by atoms with Crippen molar-refractivity contribution in [2.45, 2.75) is 51.0 Å². The van der Waals surface area contributed by atoms with Crippen LogP contribution in [0.2, 0.25) is 0 Å². The van der Waals surface area contributed by atoms with Gasteiger partial charge in [-0.25, -0.2) is 0 Å². The number of fused-ring (bicyclic) bond motifs is 1. The Labute approximate surface area is 91.5 Å². The summed E-state index contributed by atoms with van der Waals surface area (Å²) < 4.78 is 6.00. The highest BCUT2D eigenvalue weighted by atomic mass is 16.5. The first-order valence-electron chi connectivity index (χ1n) is 6.20. The van der Waals surface area contributed by atoms with Crippen LogP contribution in [0.5, 0.6) is 5.75 Å². The smallest absolute Gasteiger partial charge is 0.120 e. The van der Waals surface area contributed by atoms with Crippen LogP contribution in [-0.4, -0.2) is 6.10 Å². The fraction of sp³-hybridized carbons (Fsp3) is 0.571. The van der Waals surface area contributed by atoms with Gasteiger partial charge in [0, 0.05) is 0 Å². The third-order valence-corrected chi connectivity index (χ3v) is 3.67. The van der Waals surface area contributed by atoms with Gasteiger partial charge in [0.25, 0.3) is 0 Å². The van der Waals surface area contributed by atoms with E-state index in [2.05, 4.69) is 18.2 Å². The molecule has 1 nitrogen and oxygen atoms in total. The number of benzene rings is 1. The van der Waals surface area contributed by atoms with Crippen molar-refractivity contribution in [1.29, 1.82) is 0 Å². The Hall–Kier alpha value is -0.980. The highest BCUT2D eigenvalue weighted by Gasteiger charge is 2.17. The maximum atomic E-state index is 6.00. The fourth-order valence-electron chi connectivity index (χ4n) is 2.82. The summed E-state index contributed by atoms with van der Waals surface area (Å²) in [6, 6.07) is 6.68. The van der Waals surface area contributed by atoms with Gasteiger partial charge in [-0.05, 0) is 68.2 Å². The van der Waals surface area contributed by atoms with Crippen LogP contribution >= 0.6 is 0 Å². The van der Waals surface area contributed by atoms with Gasteiger partial charge in [-0.15, -0.1) is 0 Å². The maximum absolute atomic E-state index is 6.00. The first-order valence-corrected chi connectivity index (χ1v) is 6.20. The lowest BCUT2D eigenvalue weighted by Gasteiger charge is -2.13. The Kier molecular flexibility index (Phi) is 2.40. The van der Waals surface area contributed by atoms with E-state index in [0.29, 0.717) is 6.10 Å². The third kappa shape index (κ3) is 1.88. The molecule has 1 aromatic rings. The summed E-state index contributed by atoms with van der Waals surface area (Å²) in [5.74, 6) is 1.10. The number of rotatable bonds is 2. The summed E-state index contributed by atoms with van der Waals surface area (Å²) in [7, 11) is 0. The van der Waals surface area contributed by atoms with E-state index in [4.69, 9.17) is 4.74 Å². The zero-order valence-corrected chi connectivity index (χ0v) is 9.17. The number of aryl methyl sites for hydroxylation is 2. The number of ether oxygens (including phenoxy) is 1. The van der Waals surface area contributed by atoms with Gasteiger partial charge in [-0.2, -0.15) is 0 Å². The summed E-state index contributed by atoms with van der Waals surface area (Å²) in [6.45, 7) is 0. The quantitative estimate of drug-likeness (QED) is 0.713. The van der Waals surface area contributed by atoms with E-state index in [-0.39, 0.29) is 0 Å². The molecule has 0 unspecified atom stereocenters. The summed E-state index contributed by atoms with van der Waals surface area (Å²) in [5, 5.41) is 0. The molecule has 1 aromatic carbocycles. The molecule has 0 N–H and O–H groups in total. The second-order valence-electron chi connectivity index (χ2n) is 4.81. The van der Waals surface area contributed by atoms with Crippen molar-refractivity contribution in [3.8, 4) is 5.75 Å². The van der Waals surface area contributed by atoms with Crippen molar-refractivity contribution in [2.24, 2.45) is 0 Å². The maximum Gasteiger partial charge on any atom is 0.120 e. The zero-order chi connectivity index (χ0) is 10.1. The Morgan fingerprint density at radius 3 is 2.60 bits per heavy atom. The minimum Gasteiger partial charge on any atom is -0.490 e. The first-order chi connectivity index (χ1) is 7.42. The van der Waals surface area contributed by atoms with Crippen molar-refractivity contribution in [3.05, 3.63) is 29.3 Å². The van der Waals surface area contributed by atoms with Crippen LogP contribution in [0, 0.1) is 0 Å². The monoisotopic (exact) mass is 202 g/mol. The predicted octanol–water partition coefficient (Wildman–Crippen LogP) is 3.50. The van der Waals surface area contributed by atoms with Crippen LogP contribution in [0.15, 0.2) is 18.2 Å². The van der Waals surface area contributed by atoms with Crippen molar-refractivity contribution in [3.63, 3.8) is 0 Å². The van der Waals surface area contributed by atoms with E-state index in [1.54, 1.807) is 0 Å². The predicted molar refractivity (Wildman–Crippen MR) is 61.4 cm³/mol. The molecule has 2 aliphatic carbocycles. The molecule has 0 saturated heterocycles. The van der Waals surface area contributed by atoms with Crippen LogP contribution in [-0.2, 0) is 12.8 Å². The zero-order valence-electron chi connectivity index (χ0n) is 9.17. The summed E-state index contributed by atoms with van der Waals surface area (Å²) >= 11 is 0. The molecule has 0 aliphatic heterocycles. The first kappa shape index (κ1) is 9.26. The van der Waals surface area contributed by atoms with E-state index in [9.17, 15) is 0 Å². The molecule has 80 valence electrons. The van der Waals surface area contributed by atoms with Gasteiger partial charge < -0.3 is 4.74 Å². The average Bonchev–Trinajstić information content (AvgIpc) is 2.87. The second kappa shape index (κ2) is 3.88. The second-order valence-corrected chi connectivity index (χ2v) is 4.81. The van der Waals surface area contributed by atoms with Crippen LogP contribution in [0.25, 0.3) is 0 Å². The fourth-order valence-corrected chi connectivity index (χ4v) is 2.82. The van der Waals surface area contributed by atoms with E-state index in [1.807, 2.05) is 0 Å². The van der Waals surface area contributed by atoms with Crippen molar-refractivity contribution >= 4 is 0 Å². The third-order valence-electron chi connectivity index (χ3n) is 3.67. The van der Waals surface area contributed by atoms with Crippen molar-refractivity contribution < 1.29 is 4.74 Å². The Morgan fingerprint density at radius 1 is 0.933 bits per heavy atom. The van der Waals surface area contributed by atoms with E-state index < -0.39 is 0 Å². The number of hydrogen-bond donors (Lipinski definition) is 0. The molecule has 0 aromatic heterocycles. The Balaban J connectivity index is 1.75. The minimum absolute atomic E-state index is 0.490. The molecular formula is C14H18O. The summed E-state index contributed by atoms with van der Waals surface area (Å²) in [5.41, 5.74) is 3.05. The highest BCUT2D eigenvalue weighted by molar-refractivity contribution is 5.38. The van der Waals surface area contributed by atoms with Crippen LogP contribution in [0.4, 0.5) is 0 Å². The molecule has 1 saturated carbocycles. The van der Waals surface area contributed by atoms with Gasteiger partial charge in [0.15, 0.2) is 0 Å². The van der Waals surface area contributed by atoms with Crippen LogP contribution in [0.3, 0.4) is 0 Å². The summed E-state index contributed by atoms with van der Waals surface area (Å²) in [4.78, 5) is 0. The topological polar surface area (TPSA) is 9.23 Å². The van der Waals surface area contributed by atoms with Crippen molar-refractivity contribution in [1.82, 2.24) is 0 Å². The van der Waals surface area contributed by atoms with Gasteiger partial charge in [-0.1, -0.05) is 6.07 Å². The van der Waals surface area contributed by atoms with Gasteiger partial charge >= 0.3 is 0 Å². The lowest BCUT2D eigenvalue weighted by Crippen LogP contribution is -2.10. The SMILES string of the molecule is c1cc2c(cc1OC1CCCC1)CCC2. The standard InChI is InChI=1S/C14H18O/c1-2-7-13(6-1)15-14-9-8-11-4-3-5-12(11)10-14/h8-10,13H,1-7H2. The molecule has 1 fully saturated rings. The molecule has 2 aliphatic rings. The van der Waals surface area contributed by atoms with Gasteiger partial charge in [0.05, 0.1) is 6.10 Å². The summed E-state index contributed by atoms with van der Waals surface area (Å²) in [6.07, 6.45) is 9.50. The lowest BCUT2D eigenvalue weighted by atomic mass is 10.1. The minimum atomic E-state index is 0.490.